The van der Waals surface area contributed by atoms with E-state index in [1.165, 1.54) is 5.56 Å². The molecular weight excluding hydrogens is 178 g/mol. The maximum absolute atomic E-state index is 4.20. The van der Waals surface area contributed by atoms with E-state index < -0.39 is 0 Å². The average molecular weight is 191 g/mol. The lowest BCUT2D eigenvalue weighted by Crippen LogP contribution is -1.71. The third-order valence-corrected chi connectivity index (χ3v) is 2.28. The van der Waals surface area contributed by atoms with Crippen molar-refractivity contribution in [3.63, 3.8) is 0 Å². The van der Waals surface area contributed by atoms with E-state index in [9.17, 15) is 0 Å². The summed E-state index contributed by atoms with van der Waals surface area (Å²) in [6.45, 7) is 4.00. The van der Waals surface area contributed by atoms with Gasteiger partial charge < -0.3 is 0 Å². The monoisotopic (exact) mass is 191 g/mol. The Labute approximate surface area is 83.1 Å². The lowest BCUT2D eigenvalue weighted by atomic mass is 10.2. The lowest BCUT2D eigenvalue weighted by molar-refractivity contribution is 1.41. The molecule has 0 aliphatic rings. The number of aromatic nitrogens is 1. The molecule has 0 N–H and O–H groups in total. The minimum Gasteiger partial charge on any atom is -0.245 e. The highest BCUT2D eigenvalue weighted by atomic mass is 32.1. The highest BCUT2D eigenvalue weighted by Crippen LogP contribution is 2.20. The second kappa shape index (κ2) is 5.49. The van der Waals surface area contributed by atoms with Crippen molar-refractivity contribution in [2.45, 2.75) is 13.8 Å². The minimum absolute atomic E-state index is 1.09. The van der Waals surface area contributed by atoms with Crippen LogP contribution in [0.1, 0.15) is 13.8 Å². The van der Waals surface area contributed by atoms with Crippen molar-refractivity contribution in [3.05, 3.63) is 41.9 Å². The number of hydrogen-bond donors (Lipinski definition) is 0. The summed E-state index contributed by atoms with van der Waals surface area (Å²) in [5.74, 6) is 0. The number of rotatable bonds is 1. The quantitative estimate of drug-likeness (QED) is 0.667. The van der Waals surface area contributed by atoms with Gasteiger partial charge in [0.2, 0.25) is 0 Å². The van der Waals surface area contributed by atoms with Gasteiger partial charge in [-0.25, -0.2) is 4.98 Å². The van der Waals surface area contributed by atoms with Crippen LogP contribution in [0.2, 0.25) is 0 Å². The molecule has 0 saturated heterocycles. The second-order valence-electron chi connectivity index (χ2n) is 2.20. The molecule has 0 aliphatic heterocycles. The number of thiazole rings is 1. The summed E-state index contributed by atoms with van der Waals surface area (Å²) in [5, 5.41) is 3.08. The summed E-state index contributed by atoms with van der Waals surface area (Å²) < 4.78 is 0. The van der Waals surface area contributed by atoms with Gasteiger partial charge in [0.25, 0.3) is 0 Å². The van der Waals surface area contributed by atoms with E-state index >= 15 is 0 Å². The van der Waals surface area contributed by atoms with E-state index in [4.69, 9.17) is 0 Å². The van der Waals surface area contributed by atoms with E-state index in [2.05, 4.69) is 17.1 Å². The molecule has 0 aliphatic carbocycles. The summed E-state index contributed by atoms with van der Waals surface area (Å²) in [7, 11) is 0. The Morgan fingerprint density at radius 3 is 2.31 bits per heavy atom. The van der Waals surface area contributed by atoms with Crippen molar-refractivity contribution in [1.82, 2.24) is 4.98 Å². The molecule has 0 fully saturated rings. The first-order valence-corrected chi connectivity index (χ1v) is 5.30. The maximum Gasteiger partial charge on any atom is 0.123 e. The zero-order valence-corrected chi connectivity index (χ0v) is 8.71. The number of benzene rings is 1. The Kier molecular flexibility index (Phi) is 4.19. The second-order valence-corrected chi connectivity index (χ2v) is 3.10. The van der Waals surface area contributed by atoms with Crippen LogP contribution in [-0.4, -0.2) is 4.98 Å². The first kappa shape index (κ1) is 9.93. The standard InChI is InChI=1S/C9H7NS.C2H6/c1-2-4-8(5-3-1)9-10-6-7-11-9;1-2/h1-7H;1-2H3. The van der Waals surface area contributed by atoms with Gasteiger partial charge in [0, 0.05) is 17.1 Å². The van der Waals surface area contributed by atoms with Gasteiger partial charge in [0.15, 0.2) is 0 Å². The Morgan fingerprint density at radius 1 is 1.08 bits per heavy atom. The van der Waals surface area contributed by atoms with Crippen molar-refractivity contribution >= 4 is 11.3 Å². The van der Waals surface area contributed by atoms with E-state index in [0.29, 0.717) is 0 Å². The van der Waals surface area contributed by atoms with Crippen LogP contribution in [0.4, 0.5) is 0 Å². The summed E-state index contributed by atoms with van der Waals surface area (Å²) in [5.41, 5.74) is 1.20. The summed E-state index contributed by atoms with van der Waals surface area (Å²) in [6.07, 6.45) is 1.83. The average Bonchev–Trinajstić information content (AvgIpc) is 2.75. The SMILES string of the molecule is CC.c1ccc(-c2nccs2)cc1. The molecule has 0 radical (unpaired) electrons. The Bertz CT molecular complexity index is 313. The van der Waals surface area contributed by atoms with Crippen LogP contribution >= 0.6 is 11.3 Å². The van der Waals surface area contributed by atoms with Crippen LogP contribution in [0.5, 0.6) is 0 Å². The van der Waals surface area contributed by atoms with Gasteiger partial charge in [-0.3, -0.25) is 0 Å². The van der Waals surface area contributed by atoms with Crippen molar-refractivity contribution in [2.24, 2.45) is 0 Å². The fraction of sp³-hybridized carbons (Fsp3) is 0.182. The molecule has 1 aromatic heterocycles. The molecule has 0 bridgehead atoms. The van der Waals surface area contributed by atoms with E-state index in [1.54, 1.807) is 11.3 Å². The van der Waals surface area contributed by atoms with Crippen LogP contribution in [0.15, 0.2) is 41.9 Å². The van der Waals surface area contributed by atoms with Crippen molar-refractivity contribution < 1.29 is 0 Å². The lowest BCUT2D eigenvalue weighted by Gasteiger charge is -1.91. The molecule has 0 atom stereocenters. The number of nitrogens with zero attached hydrogens (tertiary/aromatic N) is 1. The van der Waals surface area contributed by atoms with Gasteiger partial charge in [-0.15, -0.1) is 11.3 Å². The Morgan fingerprint density at radius 2 is 1.77 bits per heavy atom. The molecular formula is C11H13NS. The highest BCUT2D eigenvalue weighted by Gasteiger charge is 1.95. The predicted molar refractivity (Wildman–Crippen MR) is 58.9 cm³/mol. The van der Waals surface area contributed by atoms with Crippen LogP contribution in [0, 0.1) is 0 Å². The fourth-order valence-electron chi connectivity index (χ4n) is 0.947. The molecule has 2 rings (SSSR count). The van der Waals surface area contributed by atoms with Gasteiger partial charge in [-0.2, -0.15) is 0 Å². The summed E-state index contributed by atoms with van der Waals surface area (Å²) in [4.78, 5) is 4.20. The largest absolute Gasteiger partial charge is 0.245 e. The molecule has 0 amide bonds. The third-order valence-electron chi connectivity index (χ3n) is 1.45. The van der Waals surface area contributed by atoms with Crippen LogP contribution in [0.25, 0.3) is 10.6 Å². The van der Waals surface area contributed by atoms with Crippen molar-refractivity contribution in [1.29, 1.82) is 0 Å². The zero-order chi connectivity index (χ0) is 9.52. The molecule has 0 saturated carbocycles. The van der Waals surface area contributed by atoms with E-state index in [0.717, 1.165) is 5.01 Å². The van der Waals surface area contributed by atoms with Gasteiger partial charge >= 0.3 is 0 Å². The Balaban J connectivity index is 0.000000396. The maximum atomic E-state index is 4.20. The molecule has 1 heterocycles. The van der Waals surface area contributed by atoms with Crippen molar-refractivity contribution in [3.8, 4) is 10.6 Å². The molecule has 68 valence electrons. The van der Waals surface area contributed by atoms with Gasteiger partial charge in [-0.05, 0) is 0 Å². The smallest absolute Gasteiger partial charge is 0.123 e. The van der Waals surface area contributed by atoms with Crippen LogP contribution < -0.4 is 0 Å². The normalized spacial score (nSPS) is 8.77. The molecule has 1 nitrogen and oxygen atoms in total. The fourth-order valence-corrected chi connectivity index (χ4v) is 1.59. The molecule has 13 heavy (non-hydrogen) atoms. The van der Waals surface area contributed by atoms with Gasteiger partial charge in [-0.1, -0.05) is 44.2 Å². The molecule has 2 heteroatoms. The minimum atomic E-state index is 1.09. The van der Waals surface area contributed by atoms with Gasteiger partial charge in [0.05, 0.1) is 0 Å². The van der Waals surface area contributed by atoms with Crippen molar-refractivity contribution in [2.75, 3.05) is 0 Å². The van der Waals surface area contributed by atoms with Gasteiger partial charge in [0.1, 0.15) is 5.01 Å². The van der Waals surface area contributed by atoms with E-state index in [1.807, 2.05) is 43.6 Å². The molecule has 0 spiro atoms. The summed E-state index contributed by atoms with van der Waals surface area (Å²) in [6, 6.07) is 10.2. The molecule has 1 aromatic carbocycles. The number of hydrogen-bond acceptors (Lipinski definition) is 2. The van der Waals surface area contributed by atoms with Crippen LogP contribution in [0.3, 0.4) is 0 Å². The Hall–Kier alpha value is -1.15. The van der Waals surface area contributed by atoms with Crippen LogP contribution in [-0.2, 0) is 0 Å². The van der Waals surface area contributed by atoms with E-state index in [-0.39, 0.29) is 0 Å². The highest BCUT2D eigenvalue weighted by molar-refractivity contribution is 7.13. The third kappa shape index (κ3) is 2.67. The predicted octanol–water partition coefficient (Wildman–Crippen LogP) is 3.84. The first-order valence-electron chi connectivity index (χ1n) is 4.42. The summed E-state index contributed by atoms with van der Waals surface area (Å²) >= 11 is 1.66. The topological polar surface area (TPSA) is 12.9 Å². The molecule has 0 unspecified atom stereocenters. The zero-order valence-electron chi connectivity index (χ0n) is 7.90. The molecule has 2 aromatic rings. The first-order chi connectivity index (χ1) is 6.47.